The number of benzene rings is 2. The molecule has 2 heterocycles. The second-order valence-electron chi connectivity index (χ2n) is 6.35. The molecule has 28 heavy (non-hydrogen) atoms. The Hall–Kier alpha value is -3.50. The van der Waals surface area contributed by atoms with Crippen molar-refractivity contribution in [2.24, 2.45) is 0 Å². The van der Waals surface area contributed by atoms with Crippen LogP contribution >= 0.6 is 11.3 Å². The molecule has 7 heteroatoms. The van der Waals surface area contributed by atoms with E-state index >= 15 is 0 Å². The minimum Gasteiger partial charge on any atom is -0.288 e. The summed E-state index contributed by atoms with van der Waals surface area (Å²) < 4.78 is 16.9. The van der Waals surface area contributed by atoms with Crippen LogP contribution < -0.4 is 11.2 Å². The average molecular weight is 391 g/mol. The predicted octanol–water partition coefficient (Wildman–Crippen LogP) is 3.58. The topological polar surface area (TPSA) is 67.8 Å². The fraction of sp³-hybridized carbons (Fsp3) is 0.0952. The zero-order chi connectivity index (χ0) is 19.8. The molecule has 0 aliphatic rings. The van der Waals surface area contributed by atoms with Crippen molar-refractivity contribution in [3.63, 3.8) is 0 Å². The molecule has 0 aliphatic carbocycles. The van der Waals surface area contributed by atoms with E-state index in [1.54, 1.807) is 48.7 Å². The maximum atomic E-state index is 14.1. The molecule has 0 fully saturated rings. The standard InChI is InChI=1S/C21H14FN3O2S/c1-13-6-7-16(10-17(13)22)25-20(26)19-18(8-9-28-19)24(21(25)27)12-15-5-3-2-4-14(15)11-23/h2-10H,12H2,1H3. The fourth-order valence-corrected chi connectivity index (χ4v) is 3.95. The van der Waals surface area contributed by atoms with Crippen LogP contribution in [0, 0.1) is 24.1 Å². The monoisotopic (exact) mass is 391 g/mol. The molecule has 2 aromatic carbocycles. The number of aryl methyl sites for hydroxylation is 1. The fourth-order valence-electron chi connectivity index (χ4n) is 3.13. The van der Waals surface area contributed by atoms with Gasteiger partial charge in [-0.25, -0.2) is 13.8 Å². The molecule has 0 saturated carbocycles. The molecule has 0 unspecified atom stereocenters. The maximum absolute atomic E-state index is 14.1. The van der Waals surface area contributed by atoms with Gasteiger partial charge in [0.25, 0.3) is 5.56 Å². The van der Waals surface area contributed by atoms with E-state index in [0.717, 1.165) is 4.57 Å². The summed E-state index contributed by atoms with van der Waals surface area (Å²) in [5.74, 6) is -0.489. The Labute approximate surface area is 163 Å². The quantitative estimate of drug-likeness (QED) is 0.536. The van der Waals surface area contributed by atoms with Gasteiger partial charge in [-0.15, -0.1) is 11.3 Å². The van der Waals surface area contributed by atoms with Gasteiger partial charge in [0.15, 0.2) is 0 Å². The summed E-state index contributed by atoms with van der Waals surface area (Å²) in [5.41, 5.74) is 1.16. The molecule has 0 saturated heterocycles. The number of fused-ring (bicyclic) bond motifs is 1. The Morgan fingerprint density at radius 2 is 1.93 bits per heavy atom. The Balaban J connectivity index is 2.01. The molecule has 5 nitrogen and oxygen atoms in total. The Morgan fingerprint density at radius 1 is 1.14 bits per heavy atom. The highest BCUT2D eigenvalue weighted by molar-refractivity contribution is 7.17. The van der Waals surface area contributed by atoms with Gasteiger partial charge in [0, 0.05) is 0 Å². The van der Waals surface area contributed by atoms with Crippen molar-refractivity contribution < 1.29 is 4.39 Å². The largest absolute Gasteiger partial charge is 0.336 e. The first-order valence-corrected chi connectivity index (χ1v) is 9.37. The molecule has 0 radical (unpaired) electrons. The molecule has 0 N–H and O–H groups in total. The lowest BCUT2D eigenvalue weighted by Gasteiger charge is -2.13. The van der Waals surface area contributed by atoms with Crippen molar-refractivity contribution in [1.82, 2.24) is 9.13 Å². The van der Waals surface area contributed by atoms with Crippen LogP contribution in [-0.2, 0) is 6.54 Å². The molecular formula is C21H14FN3O2S. The zero-order valence-electron chi connectivity index (χ0n) is 14.8. The van der Waals surface area contributed by atoms with Gasteiger partial charge in [0.05, 0.1) is 29.4 Å². The van der Waals surface area contributed by atoms with E-state index in [-0.39, 0.29) is 12.2 Å². The molecule has 2 aromatic heterocycles. The summed E-state index contributed by atoms with van der Waals surface area (Å²) >= 11 is 1.22. The van der Waals surface area contributed by atoms with Gasteiger partial charge < -0.3 is 0 Å². The minimum atomic E-state index is -0.577. The minimum absolute atomic E-state index is 0.129. The Kier molecular flexibility index (Phi) is 4.41. The van der Waals surface area contributed by atoms with E-state index < -0.39 is 17.1 Å². The Morgan fingerprint density at radius 3 is 2.68 bits per heavy atom. The highest BCUT2D eigenvalue weighted by Crippen LogP contribution is 2.19. The smallest absolute Gasteiger partial charge is 0.288 e. The van der Waals surface area contributed by atoms with Crippen LogP contribution in [0.3, 0.4) is 0 Å². The number of thiophene rings is 1. The van der Waals surface area contributed by atoms with Crippen LogP contribution in [-0.4, -0.2) is 9.13 Å². The van der Waals surface area contributed by atoms with Crippen molar-refractivity contribution in [3.05, 3.63) is 97.3 Å². The molecule has 4 aromatic rings. The molecule has 0 atom stereocenters. The first-order valence-electron chi connectivity index (χ1n) is 8.49. The lowest BCUT2D eigenvalue weighted by molar-refractivity contribution is 0.615. The average Bonchev–Trinajstić information content (AvgIpc) is 3.18. The zero-order valence-corrected chi connectivity index (χ0v) is 15.7. The van der Waals surface area contributed by atoms with Crippen molar-refractivity contribution in [1.29, 1.82) is 5.26 Å². The van der Waals surface area contributed by atoms with E-state index in [1.807, 2.05) is 0 Å². The van der Waals surface area contributed by atoms with Gasteiger partial charge in [0.1, 0.15) is 10.5 Å². The molecule has 0 bridgehead atoms. The van der Waals surface area contributed by atoms with Crippen LogP contribution in [0.2, 0.25) is 0 Å². The van der Waals surface area contributed by atoms with Crippen molar-refractivity contribution in [2.45, 2.75) is 13.5 Å². The van der Waals surface area contributed by atoms with Crippen molar-refractivity contribution in [3.8, 4) is 11.8 Å². The van der Waals surface area contributed by atoms with E-state index in [1.165, 1.54) is 28.0 Å². The summed E-state index contributed by atoms with van der Waals surface area (Å²) in [4.78, 5) is 26.1. The number of aromatic nitrogens is 2. The SMILES string of the molecule is Cc1ccc(-n2c(=O)c3sccc3n(Cc3ccccc3C#N)c2=O)cc1F. The van der Waals surface area contributed by atoms with Gasteiger partial charge in [0.2, 0.25) is 0 Å². The molecule has 0 spiro atoms. The maximum Gasteiger partial charge on any atom is 0.336 e. The van der Waals surface area contributed by atoms with Gasteiger partial charge in [-0.05, 0) is 47.7 Å². The van der Waals surface area contributed by atoms with E-state index in [0.29, 0.717) is 26.9 Å². The van der Waals surface area contributed by atoms with E-state index in [2.05, 4.69) is 6.07 Å². The van der Waals surface area contributed by atoms with Gasteiger partial charge in [-0.1, -0.05) is 24.3 Å². The summed E-state index contributed by atoms with van der Waals surface area (Å²) in [6.07, 6.45) is 0. The lowest BCUT2D eigenvalue weighted by atomic mass is 10.1. The molecule has 138 valence electrons. The number of hydrogen-bond acceptors (Lipinski definition) is 4. The second kappa shape index (κ2) is 6.91. The third kappa shape index (κ3) is 2.84. The number of rotatable bonds is 3. The van der Waals surface area contributed by atoms with Gasteiger partial charge >= 0.3 is 5.69 Å². The lowest BCUT2D eigenvalue weighted by Crippen LogP contribution is -2.38. The number of nitrogens with zero attached hydrogens (tertiary/aromatic N) is 3. The molecule has 4 rings (SSSR count). The summed E-state index contributed by atoms with van der Waals surface area (Å²) in [6, 6.07) is 15.1. The highest BCUT2D eigenvalue weighted by Gasteiger charge is 2.17. The molecule has 0 amide bonds. The first-order chi connectivity index (χ1) is 13.5. The first kappa shape index (κ1) is 17.9. The third-order valence-electron chi connectivity index (χ3n) is 4.63. The van der Waals surface area contributed by atoms with Gasteiger partial charge in [-0.2, -0.15) is 5.26 Å². The van der Waals surface area contributed by atoms with Crippen LogP contribution in [0.15, 0.2) is 63.5 Å². The van der Waals surface area contributed by atoms with E-state index in [4.69, 9.17) is 0 Å². The van der Waals surface area contributed by atoms with Crippen molar-refractivity contribution >= 4 is 21.6 Å². The van der Waals surface area contributed by atoms with Crippen LogP contribution in [0.4, 0.5) is 4.39 Å². The number of hydrogen-bond donors (Lipinski definition) is 0. The van der Waals surface area contributed by atoms with Gasteiger partial charge in [-0.3, -0.25) is 9.36 Å². The normalized spacial score (nSPS) is 10.9. The van der Waals surface area contributed by atoms with E-state index in [9.17, 15) is 19.2 Å². The van der Waals surface area contributed by atoms with Crippen LogP contribution in [0.5, 0.6) is 0 Å². The van der Waals surface area contributed by atoms with Crippen molar-refractivity contribution in [2.75, 3.05) is 0 Å². The number of halogens is 1. The highest BCUT2D eigenvalue weighted by atomic mass is 32.1. The predicted molar refractivity (Wildman–Crippen MR) is 107 cm³/mol. The van der Waals surface area contributed by atoms with Crippen LogP contribution in [0.1, 0.15) is 16.7 Å². The van der Waals surface area contributed by atoms with Crippen LogP contribution in [0.25, 0.3) is 15.9 Å². The Bertz CT molecular complexity index is 1380. The summed E-state index contributed by atoms with van der Waals surface area (Å²) in [6.45, 7) is 1.74. The molecular weight excluding hydrogens is 377 g/mol. The summed E-state index contributed by atoms with van der Waals surface area (Å²) in [5, 5.41) is 11.1. The number of nitriles is 1. The molecule has 0 aliphatic heterocycles. The second-order valence-corrected chi connectivity index (χ2v) is 7.26. The third-order valence-corrected chi connectivity index (χ3v) is 5.53. The summed E-state index contributed by atoms with van der Waals surface area (Å²) in [7, 11) is 0.